The van der Waals surface area contributed by atoms with E-state index in [4.69, 9.17) is 23.2 Å². The molecule has 0 radical (unpaired) electrons. The van der Waals surface area contributed by atoms with Gasteiger partial charge in [0.05, 0.1) is 31.9 Å². The van der Waals surface area contributed by atoms with Gasteiger partial charge in [-0.1, -0.05) is 47.5 Å². The molecule has 0 aliphatic heterocycles. The third-order valence-corrected chi connectivity index (χ3v) is 5.87. The number of carbonyl (C=O) groups is 1. The molecular formula is C22H14Cl2N4O3S. The molecule has 0 aliphatic rings. The van der Waals surface area contributed by atoms with E-state index in [1.165, 1.54) is 23.5 Å². The van der Waals surface area contributed by atoms with E-state index >= 15 is 0 Å². The Labute approximate surface area is 196 Å². The summed E-state index contributed by atoms with van der Waals surface area (Å²) in [7, 11) is 0. The molecule has 0 fully saturated rings. The third-order valence-electron chi connectivity index (χ3n) is 4.47. The first-order valence-corrected chi connectivity index (χ1v) is 10.9. The zero-order valence-electron chi connectivity index (χ0n) is 16.2. The number of para-hydroxylation sites is 1. The second-order valence-electron chi connectivity index (χ2n) is 6.60. The molecule has 10 heteroatoms. The van der Waals surface area contributed by atoms with Crippen molar-refractivity contribution >= 4 is 62.6 Å². The fourth-order valence-corrected chi connectivity index (χ4v) is 4.04. The van der Waals surface area contributed by atoms with Crippen LogP contribution in [-0.2, 0) is 0 Å². The standard InChI is InChI=1S/C22H14Cl2N4O3S/c23-17-3-1-2-4-19(17)26-22-27-20(12-32-22)13-5-7-14(8-6-13)25-21(29)16-10-9-15(28(30)31)11-18(16)24/h1-12H,(H,25,29)(H,26,27). The minimum Gasteiger partial charge on any atom is -0.330 e. The van der Waals surface area contributed by atoms with Gasteiger partial charge in [0.15, 0.2) is 5.13 Å². The molecule has 3 aromatic carbocycles. The molecule has 160 valence electrons. The average molecular weight is 485 g/mol. The van der Waals surface area contributed by atoms with Crippen LogP contribution in [0.2, 0.25) is 10.0 Å². The first-order valence-electron chi connectivity index (χ1n) is 9.23. The molecule has 1 amide bonds. The van der Waals surface area contributed by atoms with Crippen LogP contribution in [0.3, 0.4) is 0 Å². The smallest absolute Gasteiger partial charge is 0.270 e. The summed E-state index contributed by atoms with van der Waals surface area (Å²) in [6.45, 7) is 0. The van der Waals surface area contributed by atoms with E-state index < -0.39 is 10.8 Å². The van der Waals surface area contributed by atoms with E-state index in [0.717, 1.165) is 23.0 Å². The van der Waals surface area contributed by atoms with E-state index in [1.807, 2.05) is 35.7 Å². The van der Waals surface area contributed by atoms with Crippen LogP contribution in [0.4, 0.5) is 22.2 Å². The lowest BCUT2D eigenvalue weighted by atomic mass is 10.1. The molecule has 0 saturated heterocycles. The molecule has 4 aromatic rings. The van der Waals surface area contributed by atoms with Gasteiger partial charge in [0, 0.05) is 28.8 Å². The number of nitrogens with one attached hydrogen (secondary N) is 2. The Morgan fingerprint density at radius 2 is 1.75 bits per heavy atom. The number of hydrogen-bond donors (Lipinski definition) is 2. The average Bonchev–Trinajstić information content (AvgIpc) is 3.24. The highest BCUT2D eigenvalue weighted by molar-refractivity contribution is 7.14. The van der Waals surface area contributed by atoms with Crippen molar-refractivity contribution in [3.63, 3.8) is 0 Å². The summed E-state index contributed by atoms with van der Waals surface area (Å²) in [5, 5.41) is 20.0. The molecule has 0 saturated carbocycles. The first kappa shape index (κ1) is 21.8. The van der Waals surface area contributed by atoms with Crippen molar-refractivity contribution in [1.82, 2.24) is 4.98 Å². The summed E-state index contributed by atoms with van der Waals surface area (Å²) in [6, 6.07) is 18.3. The Balaban J connectivity index is 1.45. The molecule has 0 aliphatic carbocycles. The van der Waals surface area contributed by atoms with Gasteiger partial charge in [-0.2, -0.15) is 0 Å². The zero-order valence-corrected chi connectivity index (χ0v) is 18.5. The van der Waals surface area contributed by atoms with Crippen molar-refractivity contribution < 1.29 is 9.72 Å². The Hall–Kier alpha value is -3.46. The summed E-state index contributed by atoms with van der Waals surface area (Å²) in [6.07, 6.45) is 0. The van der Waals surface area contributed by atoms with Gasteiger partial charge < -0.3 is 10.6 Å². The molecule has 2 N–H and O–H groups in total. The van der Waals surface area contributed by atoms with Crippen LogP contribution in [-0.4, -0.2) is 15.8 Å². The predicted octanol–water partition coefficient (Wildman–Crippen LogP) is 7.02. The Morgan fingerprint density at radius 3 is 2.44 bits per heavy atom. The van der Waals surface area contributed by atoms with E-state index in [2.05, 4.69) is 15.6 Å². The summed E-state index contributed by atoms with van der Waals surface area (Å²) in [5.41, 5.74) is 2.95. The number of thiazole rings is 1. The lowest BCUT2D eigenvalue weighted by Gasteiger charge is -2.07. The second kappa shape index (κ2) is 9.35. The number of hydrogen-bond acceptors (Lipinski definition) is 6. The largest absolute Gasteiger partial charge is 0.330 e. The van der Waals surface area contributed by atoms with Crippen molar-refractivity contribution in [2.45, 2.75) is 0 Å². The number of non-ortho nitro benzene ring substituents is 1. The minimum absolute atomic E-state index is 0.00865. The second-order valence-corrected chi connectivity index (χ2v) is 8.27. The van der Waals surface area contributed by atoms with Gasteiger partial charge in [0.1, 0.15) is 0 Å². The number of anilines is 3. The maximum absolute atomic E-state index is 12.5. The van der Waals surface area contributed by atoms with Crippen LogP contribution >= 0.6 is 34.5 Å². The van der Waals surface area contributed by atoms with Gasteiger partial charge in [-0.15, -0.1) is 11.3 Å². The number of nitro benzene ring substituents is 1. The number of nitrogens with zero attached hydrogens (tertiary/aromatic N) is 2. The highest BCUT2D eigenvalue weighted by Gasteiger charge is 2.15. The van der Waals surface area contributed by atoms with Crippen LogP contribution in [0.1, 0.15) is 10.4 Å². The van der Waals surface area contributed by atoms with Gasteiger partial charge in [-0.3, -0.25) is 14.9 Å². The summed E-state index contributed by atoms with van der Waals surface area (Å²) in [4.78, 5) is 27.3. The Bertz CT molecular complexity index is 1310. The van der Waals surface area contributed by atoms with E-state index in [9.17, 15) is 14.9 Å². The highest BCUT2D eigenvalue weighted by atomic mass is 35.5. The van der Waals surface area contributed by atoms with Crippen molar-refractivity contribution in [1.29, 1.82) is 0 Å². The van der Waals surface area contributed by atoms with Gasteiger partial charge in [-0.25, -0.2) is 4.98 Å². The topological polar surface area (TPSA) is 97.2 Å². The van der Waals surface area contributed by atoms with E-state index in [1.54, 1.807) is 18.2 Å². The molecule has 32 heavy (non-hydrogen) atoms. The number of aromatic nitrogens is 1. The number of rotatable bonds is 6. The van der Waals surface area contributed by atoms with Crippen molar-refractivity contribution in [3.05, 3.63) is 97.8 Å². The number of benzene rings is 3. The number of carbonyl (C=O) groups excluding carboxylic acids is 1. The molecule has 7 nitrogen and oxygen atoms in total. The number of halogens is 2. The molecule has 0 bridgehead atoms. The Kier molecular flexibility index (Phi) is 6.36. The predicted molar refractivity (Wildman–Crippen MR) is 128 cm³/mol. The van der Waals surface area contributed by atoms with Crippen molar-refractivity contribution in [2.24, 2.45) is 0 Å². The molecule has 0 unspecified atom stereocenters. The fraction of sp³-hybridized carbons (Fsp3) is 0. The van der Waals surface area contributed by atoms with Crippen LogP contribution in [0.15, 0.2) is 72.1 Å². The molecule has 0 spiro atoms. The molecular weight excluding hydrogens is 471 g/mol. The summed E-state index contributed by atoms with van der Waals surface area (Å²) >= 11 is 13.6. The van der Waals surface area contributed by atoms with E-state index in [-0.39, 0.29) is 16.3 Å². The monoisotopic (exact) mass is 484 g/mol. The third kappa shape index (κ3) is 4.88. The first-order chi connectivity index (χ1) is 15.4. The van der Waals surface area contributed by atoms with Gasteiger partial charge in [0.2, 0.25) is 0 Å². The quantitative estimate of drug-likeness (QED) is 0.226. The molecule has 4 rings (SSSR count). The van der Waals surface area contributed by atoms with Crippen LogP contribution in [0.5, 0.6) is 0 Å². The van der Waals surface area contributed by atoms with Crippen LogP contribution in [0.25, 0.3) is 11.3 Å². The Morgan fingerprint density at radius 1 is 1.00 bits per heavy atom. The van der Waals surface area contributed by atoms with Gasteiger partial charge in [0.25, 0.3) is 11.6 Å². The molecule has 1 aromatic heterocycles. The minimum atomic E-state index is -0.569. The van der Waals surface area contributed by atoms with Crippen LogP contribution in [0, 0.1) is 10.1 Å². The number of nitro groups is 1. The summed E-state index contributed by atoms with van der Waals surface area (Å²) < 4.78 is 0. The van der Waals surface area contributed by atoms with Gasteiger partial charge in [-0.05, 0) is 30.3 Å². The molecule has 0 atom stereocenters. The maximum Gasteiger partial charge on any atom is 0.270 e. The highest BCUT2D eigenvalue weighted by Crippen LogP contribution is 2.30. The van der Waals surface area contributed by atoms with Crippen molar-refractivity contribution in [3.8, 4) is 11.3 Å². The SMILES string of the molecule is O=C(Nc1ccc(-c2csc(Nc3ccccc3Cl)n2)cc1)c1ccc([N+](=O)[O-])cc1Cl. The maximum atomic E-state index is 12.5. The zero-order chi connectivity index (χ0) is 22.7. The normalized spacial score (nSPS) is 10.6. The summed E-state index contributed by atoms with van der Waals surface area (Å²) in [5.74, 6) is -0.461. The van der Waals surface area contributed by atoms with Crippen molar-refractivity contribution in [2.75, 3.05) is 10.6 Å². The number of amides is 1. The lowest BCUT2D eigenvalue weighted by Crippen LogP contribution is -2.12. The van der Waals surface area contributed by atoms with Crippen LogP contribution < -0.4 is 10.6 Å². The lowest BCUT2D eigenvalue weighted by molar-refractivity contribution is -0.384. The van der Waals surface area contributed by atoms with E-state index in [0.29, 0.717) is 15.8 Å². The molecule has 1 heterocycles. The van der Waals surface area contributed by atoms with Gasteiger partial charge >= 0.3 is 0 Å². The fourth-order valence-electron chi connectivity index (χ4n) is 2.87.